The number of carboxylic acid groups (broad SMARTS) is 1. The van der Waals surface area contributed by atoms with Crippen LogP contribution >= 0.6 is 0 Å². The second-order valence-corrected chi connectivity index (χ2v) is 3.20. The Morgan fingerprint density at radius 2 is 2.00 bits per heavy atom. The zero-order valence-electron chi connectivity index (χ0n) is 7.17. The lowest BCUT2D eigenvalue weighted by atomic mass is 9.98. The summed E-state index contributed by atoms with van der Waals surface area (Å²) in [5.74, 6) is -1.96. The van der Waals surface area contributed by atoms with Crippen molar-refractivity contribution in [2.24, 2.45) is 0 Å². The van der Waals surface area contributed by atoms with Crippen molar-refractivity contribution in [2.75, 3.05) is 0 Å². The number of esters is 1. The molecular formula is C8H10O4. The number of ether oxygens (including phenoxy) is 1. The van der Waals surface area contributed by atoms with Crippen molar-refractivity contribution in [1.29, 1.82) is 0 Å². The van der Waals surface area contributed by atoms with E-state index >= 15 is 0 Å². The molecule has 0 saturated heterocycles. The molecule has 0 bridgehead atoms. The van der Waals surface area contributed by atoms with Gasteiger partial charge in [-0.15, -0.1) is 0 Å². The molecule has 0 aromatic heterocycles. The summed E-state index contributed by atoms with van der Waals surface area (Å²) in [7, 11) is 0. The maximum Gasteiger partial charge on any atom is 0.346 e. The number of cyclic esters (lactones) is 1. The molecule has 1 N–H and O–H groups in total. The Hall–Kier alpha value is -1.32. The molecule has 0 aromatic rings. The van der Waals surface area contributed by atoms with E-state index in [9.17, 15) is 9.59 Å². The fourth-order valence-corrected chi connectivity index (χ4v) is 1.06. The fraction of sp³-hybridized carbons (Fsp3) is 0.500. The van der Waals surface area contributed by atoms with Crippen molar-refractivity contribution in [2.45, 2.75) is 26.4 Å². The van der Waals surface area contributed by atoms with E-state index in [1.807, 2.05) is 0 Å². The molecule has 1 aliphatic rings. The Bertz CT molecular complexity index is 285. The zero-order valence-corrected chi connectivity index (χ0v) is 7.17. The third-order valence-corrected chi connectivity index (χ3v) is 2.04. The number of hydrogen-bond donors (Lipinski definition) is 1. The van der Waals surface area contributed by atoms with Gasteiger partial charge in [-0.3, -0.25) is 0 Å². The summed E-state index contributed by atoms with van der Waals surface area (Å²) in [4.78, 5) is 21.5. The van der Waals surface area contributed by atoms with Gasteiger partial charge in [-0.1, -0.05) is 0 Å². The molecule has 0 radical (unpaired) electrons. The van der Waals surface area contributed by atoms with Crippen molar-refractivity contribution in [3.05, 3.63) is 11.1 Å². The summed E-state index contributed by atoms with van der Waals surface area (Å²) in [6, 6.07) is 0. The van der Waals surface area contributed by atoms with Gasteiger partial charge in [0.05, 0.1) is 0 Å². The summed E-state index contributed by atoms with van der Waals surface area (Å²) in [6.07, 6.45) is 0. The highest BCUT2D eigenvalue weighted by Crippen LogP contribution is 2.31. The minimum atomic E-state index is -1.22. The van der Waals surface area contributed by atoms with E-state index in [0.717, 1.165) is 0 Å². The third-order valence-electron chi connectivity index (χ3n) is 2.04. The first-order valence-electron chi connectivity index (χ1n) is 3.54. The van der Waals surface area contributed by atoms with Crippen molar-refractivity contribution in [3.63, 3.8) is 0 Å². The van der Waals surface area contributed by atoms with Gasteiger partial charge >= 0.3 is 11.9 Å². The Balaban J connectivity index is 3.20. The topological polar surface area (TPSA) is 63.6 Å². The highest BCUT2D eigenvalue weighted by Gasteiger charge is 2.40. The van der Waals surface area contributed by atoms with E-state index in [-0.39, 0.29) is 5.57 Å². The normalized spacial score (nSPS) is 21.1. The van der Waals surface area contributed by atoms with Gasteiger partial charge in [0.2, 0.25) is 0 Å². The third kappa shape index (κ3) is 1.09. The van der Waals surface area contributed by atoms with E-state index in [1.54, 1.807) is 20.8 Å². The first-order chi connectivity index (χ1) is 5.36. The first-order valence-corrected chi connectivity index (χ1v) is 3.54. The zero-order chi connectivity index (χ0) is 9.52. The number of hydrogen-bond acceptors (Lipinski definition) is 3. The molecule has 1 aliphatic heterocycles. The molecule has 4 heteroatoms. The molecule has 0 unspecified atom stereocenters. The standard InChI is InChI=1S/C8H10O4/c1-4-5(6(9)10)7(11)12-8(4,2)3/h1-3H3,(H,9,10). The van der Waals surface area contributed by atoms with Gasteiger partial charge in [0.1, 0.15) is 11.2 Å². The van der Waals surface area contributed by atoms with E-state index in [2.05, 4.69) is 0 Å². The second kappa shape index (κ2) is 2.33. The van der Waals surface area contributed by atoms with Crippen LogP contribution in [0.5, 0.6) is 0 Å². The average molecular weight is 170 g/mol. The number of carboxylic acids is 1. The molecule has 0 amide bonds. The van der Waals surface area contributed by atoms with Gasteiger partial charge < -0.3 is 9.84 Å². The molecule has 66 valence electrons. The average Bonchev–Trinajstić information content (AvgIpc) is 2.02. The summed E-state index contributed by atoms with van der Waals surface area (Å²) in [5, 5.41) is 8.63. The fourth-order valence-electron chi connectivity index (χ4n) is 1.06. The smallest absolute Gasteiger partial charge is 0.346 e. The predicted molar refractivity (Wildman–Crippen MR) is 40.5 cm³/mol. The monoisotopic (exact) mass is 170 g/mol. The lowest BCUT2D eigenvalue weighted by molar-refractivity contribution is -0.147. The minimum absolute atomic E-state index is 0.236. The summed E-state index contributed by atoms with van der Waals surface area (Å²) in [5.41, 5.74) is -0.537. The van der Waals surface area contributed by atoms with E-state index in [0.29, 0.717) is 5.57 Å². The summed E-state index contributed by atoms with van der Waals surface area (Å²) < 4.78 is 4.84. The van der Waals surface area contributed by atoms with Crippen LogP contribution in [-0.2, 0) is 14.3 Å². The SMILES string of the molecule is CC1=C(C(=O)O)C(=O)OC1(C)C. The van der Waals surface area contributed by atoms with Gasteiger partial charge in [0.15, 0.2) is 0 Å². The Labute approximate surface area is 69.8 Å². The van der Waals surface area contributed by atoms with Gasteiger partial charge in [-0.2, -0.15) is 0 Å². The van der Waals surface area contributed by atoms with E-state index in [1.165, 1.54) is 0 Å². The number of aliphatic carboxylic acids is 1. The molecule has 0 fully saturated rings. The number of carbonyl (C=O) groups excluding carboxylic acids is 1. The maximum atomic E-state index is 11.0. The lowest BCUT2D eigenvalue weighted by Gasteiger charge is -2.17. The van der Waals surface area contributed by atoms with Crippen LogP contribution in [0.4, 0.5) is 0 Å². The van der Waals surface area contributed by atoms with Gasteiger partial charge in [0, 0.05) is 0 Å². The van der Waals surface area contributed by atoms with Crippen LogP contribution in [0.15, 0.2) is 11.1 Å². The van der Waals surface area contributed by atoms with Crippen LogP contribution in [0.2, 0.25) is 0 Å². The first kappa shape index (κ1) is 8.77. The Morgan fingerprint density at radius 3 is 2.17 bits per heavy atom. The molecule has 0 aromatic carbocycles. The molecule has 12 heavy (non-hydrogen) atoms. The molecule has 0 spiro atoms. The maximum absolute atomic E-state index is 11.0. The van der Waals surface area contributed by atoms with Gasteiger partial charge in [-0.05, 0) is 26.3 Å². The van der Waals surface area contributed by atoms with Crippen LogP contribution in [0, 0.1) is 0 Å². The number of rotatable bonds is 1. The van der Waals surface area contributed by atoms with Crippen molar-refractivity contribution < 1.29 is 19.4 Å². The van der Waals surface area contributed by atoms with Gasteiger partial charge in [0.25, 0.3) is 0 Å². The summed E-state index contributed by atoms with van der Waals surface area (Å²) >= 11 is 0. The minimum Gasteiger partial charge on any atom is -0.477 e. The Kier molecular flexibility index (Phi) is 1.71. The molecule has 4 nitrogen and oxygen atoms in total. The predicted octanol–water partition coefficient (Wildman–Crippen LogP) is 0.723. The highest BCUT2D eigenvalue weighted by molar-refractivity contribution is 6.15. The van der Waals surface area contributed by atoms with E-state index < -0.39 is 17.5 Å². The van der Waals surface area contributed by atoms with E-state index in [4.69, 9.17) is 9.84 Å². The van der Waals surface area contributed by atoms with Crippen LogP contribution in [-0.4, -0.2) is 22.6 Å². The Morgan fingerprint density at radius 1 is 1.50 bits per heavy atom. The molecule has 0 atom stereocenters. The quantitative estimate of drug-likeness (QED) is 0.465. The lowest BCUT2D eigenvalue weighted by Crippen LogP contribution is -2.21. The van der Waals surface area contributed by atoms with Crippen molar-refractivity contribution >= 4 is 11.9 Å². The second-order valence-electron chi connectivity index (χ2n) is 3.20. The molecule has 1 rings (SSSR count). The van der Waals surface area contributed by atoms with Crippen LogP contribution in [0.25, 0.3) is 0 Å². The van der Waals surface area contributed by atoms with Crippen LogP contribution in [0.3, 0.4) is 0 Å². The number of carbonyl (C=O) groups is 2. The summed E-state index contributed by atoms with van der Waals surface area (Å²) in [6.45, 7) is 4.92. The molecule has 1 heterocycles. The van der Waals surface area contributed by atoms with Crippen LogP contribution in [0.1, 0.15) is 20.8 Å². The van der Waals surface area contributed by atoms with Crippen molar-refractivity contribution in [3.8, 4) is 0 Å². The highest BCUT2D eigenvalue weighted by atomic mass is 16.6. The van der Waals surface area contributed by atoms with Gasteiger partial charge in [-0.25, -0.2) is 9.59 Å². The molecule has 0 aliphatic carbocycles. The van der Waals surface area contributed by atoms with Crippen LogP contribution < -0.4 is 0 Å². The molecule has 0 saturated carbocycles. The molecular weight excluding hydrogens is 160 g/mol. The van der Waals surface area contributed by atoms with Crippen molar-refractivity contribution in [1.82, 2.24) is 0 Å². The largest absolute Gasteiger partial charge is 0.477 e.